The summed E-state index contributed by atoms with van der Waals surface area (Å²) in [6.07, 6.45) is 5.29. The molecule has 19 nitrogen and oxygen atoms in total. The second kappa shape index (κ2) is 36.9. The van der Waals surface area contributed by atoms with E-state index in [1.54, 1.807) is 27.7 Å². The number of ether oxygens (including phenoxy) is 6. The lowest BCUT2D eigenvalue weighted by Crippen LogP contribution is -2.43. The average molecular weight is 858 g/mol. The summed E-state index contributed by atoms with van der Waals surface area (Å²) in [6, 6.07) is 0. The van der Waals surface area contributed by atoms with Crippen molar-refractivity contribution in [3.8, 4) is 0 Å². The van der Waals surface area contributed by atoms with E-state index in [9.17, 15) is 20.2 Å². The van der Waals surface area contributed by atoms with E-state index >= 15 is 0 Å². The Morgan fingerprint density at radius 1 is 0.424 bits per heavy atom. The van der Waals surface area contributed by atoms with Crippen LogP contribution in [0.15, 0.2) is 0 Å². The molecule has 0 atom stereocenters. The summed E-state index contributed by atoms with van der Waals surface area (Å²) in [5, 5.41) is 30.9. The van der Waals surface area contributed by atoms with Gasteiger partial charge in [-0.05, 0) is 73.6 Å². The molecule has 0 bridgehead atoms. The molecular weight excluding hydrogens is 766 g/mol. The van der Waals surface area contributed by atoms with Crippen LogP contribution in [0.3, 0.4) is 0 Å². The van der Waals surface area contributed by atoms with Crippen LogP contribution in [-0.2, 0) is 28.4 Å². The topological polar surface area (TPSA) is 282 Å². The summed E-state index contributed by atoms with van der Waals surface area (Å²) >= 11 is 0. The van der Waals surface area contributed by atoms with Gasteiger partial charge < -0.3 is 67.3 Å². The first-order valence-corrected chi connectivity index (χ1v) is 21.3. The summed E-state index contributed by atoms with van der Waals surface area (Å²) in [5.41, 5.74) is 20.6. The van der Waals surface area contributed by atoms with E-state index in [4.69, 9.17) is 51.4 Å². The standard InChI is InChI=1S/C15H31N3O6.C15H35N3O2.C10H25N3O2/c1-14(2,17(19)20)7-5-6-9-23-11-12-24-10-8-16-13-15(3,4)18(21)22;1-14(2,16)7-5-6-9-19-11-12-20-10-8-18-13-15(3,4)17;1-10(2,12)9-13-4-6-15-8-7-14-5-3-11/h16H,5-13H2,1-4H3;18H,5-13,16-17H2,1-4H3;13H,3-9,11-12H2,1-2H3. The molecule has 0 aliphatic heterocycles. The minimum atomic E-state index is -0.979. The number of nitro groups is 2. The Morgan fingerprint density at radius 3 is 1.07 bits per heavy atom. The predicted octanol–water partition coefficient (Wildman–Crippen LogP) is 2.45. The number of rotatable bonds is 38. The van der Waals surface area contributed by atoms with E-state index in [1.165, 1.54) is 0 Å². The van der Waals surface area contributed by atoms with Gasteiger partial charge in [-0.3, -0.25) is 20.2 Å². The molecule has 0 aliphatic carbocycles. The van der Waals surface area contributed by atoms with Gasteiger partial charge in [-0.2, -0.15) is 0 Å². The lowest BCUT2D eigenvalue weighted by atomic mass is 9.98. The second-order valence-corrected chi connectivity index (χ2v) is 18.0. The van der Waals surface area contributed by atoms with Gasteiger partial charge in [0.25, 0.3) is 0 Å². The van der Waals surface area contributed by atoms with Gasteiger partial charge in [0.05, 0.1) is 72.6 Å². The van der Waals surface area contributed by atoms with Gasteiger partial charge >= 0.3 is 0 Å². The molecule has 0 saturated carbocycles. The van der Waals surface area contributed by atoms with Crippen LogP contribution in [0.1, 0.15) is 108 Å². The van der Waals surface area contributed by atoms with Gasteiger partial charge in [-0.25, -0.2) is 0 Å². The first-order valence-electron chi connectivity index (χ1n) is 21.3. The van der Waals surface area contributed by atoms with Crippen molar-refractivity contribution < 1.29 is 38.3 Å². The summed E-state index contributed by atoms with van der Waals surface area (Å²) in [6.45, 7) is 30.4. The van der Waals surface area contributed by atoms with Crippen LogP contribution >= 0.6 is 0 Å². The fraction of sp³-hybridized carbons (Fsp3) is 1.00. The maximum atomic E-state index is 10.7. The van der Waals surface area contributed by atoms with Crippen LogP contribution in [-0.4, -0.2) is 163 Å². The van der Waals surface area contributed by atoms with Crippen molar-refractivity contribution in [1.29, 1.82) is 0 Å². The molecule has 0 amide bonds. The number of nitrogens with one attached hydrogen (secondary N) is 3. The molecule has 0 aromatic rings. The molecule has 356 valence electrons. The minimum Gasteiger partial charge on any atom is -0.379 e. The summed E-state index contributed by atoms with van der Waals surface area (Å²) in [5.74, 6) is 0. The van der Waals surface area contributed by atoms with Crippen LogP contribution in [0, 0.1) is 20.2 Å². The van der Waals surface area contributed by atoms with Gasteiger partial charge in [0.2, 0.25) is 11.1 Å². The van der Waals surface area contributed by atoms with Crippen molar-refractivity contribution in [2.75, 3.05) is 125 Å². The maximum Gasteiger partial charge on any atom is 0.229 e. The van der Waals surface area contributed by atoms with Crippen molar-refractivity contribution >= 4 is 0 Å². The average Bonchev–Trinajstić information content (AvgIpc) is 3.11. The minimum absolute atomic E-state index is 0.0613. The SMILES string of the molecule is CC(C)(CCCCOCCOCCNCC(C)(C)[N+](=O)[O-])[N+](=O)[O-].CC(C)(N)CCCCOCCOCCNCC(C)(C)N.CC(C)(N)CNCCOCCOCCN. The first-order chi connectivity index (χ1) is 27.4. The number of unbranched alkanes of at least 4 members (excludes halogenated alkanes) is 2. The van der Waals surface area contributed by atoms with Gasteiger partial charge in [0, 0.05) is 113 Å². The van der Waals surface area contributed by atoms with Crippen LogP contribution in [0.4, 0.5) is 0 Å². The Morgan fingerprint density at radius 2 is 0.746 bits per heavy atom. The summed E-state index contributed by atoms with van der Waals surface area (Å²) in [7, 11) is 0. The second-order valence-electron chi connectivity index (χ2n) is 18.0. The largest absolute Gasteiger partial charge is 0.379 e. The zero-order valence-corrected chi connectivity index (χ0v) is 39.0. The Balaban J connectivity index is -0.000000819. The Kier molecular flexibility index (Phi) is 38.5. The maximum absolute atomic E-state index is 10.7. The molecule has 59 heavy (non-hydrogen) atoms. The van der Waals surface area contributed by atoms with Gasteiger partial charge in [0.15, 0.2) is 0 Å². The lowest BCUT2D eigenvalue weighted by molar-refractivity contribution is -0.561. The van der Waals surface area contributed by atoms with Crippen molar-refractivity contribution in [3.63, 3.8) is 0 Å². The smallest absolute Gasteiger partial charge is 0.229 e. The molecule has 0 rings (SSSR count). The van der Waals surface area contributed by atoms with Crippen LogP contribution in [0.25, 0.3) is 0 Å². The molecule has 0 heterocycles. The first kappa shape index (κ1) is 61.6. The van der Waals surface area contributed by atoms with Gasteiger partial charge in [-0.1, -0.05) is 0 Å². The molecular formula is C40H91N9O10. The molecule has 0 aromatic heterocycles. The Hall–Kier alpha value is -1.72. The molecule has 0 aromatic carbocycles. The van der Waals surface area contributed by atoms with Crippen LogP contribution in [0.2, 0.25) is 0 Å². The molecule has 19 heteroatoms. The number of nitrogens with two attached hydrogens (primary N) is 4. The zero-order valence-electron chi connectivity index (χ0n) is 39.0. The molecule has 0 fully saturated rings. The zero-order chi connectivity index (χ0) is 45.7. The highest BCUT2D eigenvalue weighted by Crippen LogP contribution is 2.16. The highest BCUT2D eigenvalue weighted by atomic mass is 16.6. The van der Waals surface area contributed by atoms with Crippen molar-refractivity contribution in [2.45, 2.75) is 135 Å². The fourth-order valence-corrected chi connectivity index (χ4v) is 4.40. The van der Waals surface area contributed by atoms with Crippen LogP contribution in [0.5, 0.6) is 0 Å². The van der Waals surface area contributed by atoms with Gasteiger partial charge in [-0.15, -0.1) is 0 Å². The quantitative estimate of drug-likeness (QED) is 0.0267. The molecule has 0 unspecified atom stereocenters. The van der Waals surface area contributed by atoms with E-state index in [2.05, 4.69) is 29.8 Å². The van der Waals surface area contributed by atoms with Crippen molar-refractivity contribution in [2.24, 2.45) is 22.9 Å². The third-order valence-corrected chi connectivity index (χ3v) is 8.04. The monoisotopic (exact) mass is 858 g/mol. The normalized spacial score (nSPS) is 12.4. The van der Waals surface area contributed by atoms with E-state index in [1.807, 2.05) is 27.7 Å². The van der Waals surface area contributed by atoms with Gasteiger partial charge in [0.1, 0.15) is 0 Å². The Labute approximate surface area is 357 Å². The third-order valence-electron chi connectivity index (χ3n) is 8.04. The van der Waals surface area contributed by atoms with Crippen molar-refractivity contribution in [1.82, 2.24) is 16.0 Å². The molecule has 0 radical (unpaired) electrons. The number of nitrogens with zero attached hydrogens (tertiary/aromatic N) is 2. The lowest BCUT2D eigenvalue weighted by Gasteiger charge is -2.18. The number of hydrogen-bond acceptors (Lipinski definition) is 17. The van der Waals surface area contributed by atoms with E-state index < -0.39 is 11.1 Å². The Bertz CT molecular complexity index is 918. The van der Waals surface area contributed by atoms with Crippen molar-refractivity contribution in [3.05, 3.63) is 20.2 Å². The molecule has 0 aliphatic rings. The van der Waals surface area contributed by atoms with E-state index in [0.717, 1.165) is 64.9 Å². The molecule has 11 N–H and O–H groups in total. The molecule has 0 saturated heterocycles. The predicted molar refractivity (Wildman–Crippen MR) is 237 cm³/mol. The summed E-state index contributed by atoms with van der Waals surface area (Å²) < 4.78 is 32.2. The fourth-order valence-electron chi connectivity index (χ4n) is 4.40. The van der Waals surface area contributed by atoms with E-state index in [0.29, 0.717) is 98.7 Å². The highest BCUT2D eigenvalue weighted by molar-refractivity contribution is 4.75. The number of hydrogen-bond donors (Lipinski definition) is 7. The summed E-state index contributed by atoms with van der Waals surface area (Å²) in [4.78, 5) is 20.9. The third kappa shape index (κ3) is 52.4. The van der Waals surface area contributed by atoms with Crippen LogP contribution < -0.4 is 38.9 Å². The van der Waals surface area contributed by atoms with E-state index in [-0.39, 0.29) is 26.5 Å². The highest BCUT2D eigenvalue weighted by Gasteiger charge is 2.30. The molecule has 0 spiro atoms.